The van der Waals surface area contributed by atoms with E-state index in [1.165, 1.54) is 0 Å². The van der Waals surface area contributed by atoms with Crippen molar-refractivity contribution in [1.82, 2.24) is 10.2 Å². The second-order valence-electron chi connectivity index (χ2n) is 4.56. The lowest BCUT2D eigenvalue weighted by Gasteiger charge is -2.32. The van der Waals surface area contributed by atoms with Crippen molar-refractivity contribution in [3.8, 4) is 0 Å². The maximum atomic E-state index is 11.5. The number of rotatable bonds is 10. The molecule has 1 atom stereocenters. The second-order valence-corrected chi connectivity index (χ2v) is 4.56. The summed E-state index contributed by atoms with van der Waals surface area (Å²) in [6, 6.07) is 0. The van der Waals surface area contributed by atoms with Gasteiger partial charge in [0.05, 0.1) is 6.61 Å². The number of amides is 1. The van der Waals surface area contributed by atoms with Crippen LogP contribution in [0, 0.1) is 0 Å². The maximum Gasteiger partial charge on any atom is 0.238 e. The van der Waals surface area contributed by atoms with E-state index < -0.39 is 5.54 Å². The predicted molar refractivity (Wildman–Crippen MR) is 69.9 cm³/mol. The van der Waals surface area contributed by atoms with Gasteiger partial charge in [-0.05, 0) is 33.9 Å². The summed E-state index contributed by atoms with van der Waals surface area (Å²) in [5, 5.41) is 3.21. The summed E-state index contributed by atoms with van der Waals surface area (Å²) in [5.41, 5.74) is 4.79. The molecular formula is C12H27N3O2. The van der Waals surface area contributed by atoms with Crippen molar-refractivity contribution in [3.63, 3.8) is 0 Å². The van der Waals surface area contributed by atoms with Crippen molar-refractivity contribution in [2.24, 2.45) is 5.73 Å². The normalized spacial score (nSPS) is 14.9. The van der Waals surface area contributed by atoms with Gasteiger partial charge in [0.15, 0.2) is 0 Å². The molecular weight excluding hydrogens is 218 g/mol. The first-order chi connectivity index (χ1) is 7.96. The van der Waals surface area contributed by atoms with Crippen molar-refractivity contribution in [2.75, 3.05) is 39.9 Å². The first-order valence-electron chi connectivity index (χ1n) is 6.27. The van der Waals surface area contributed by atoms with E-state index in [4.69, 9.17) is 10.5 Å². The molecule has 1 unspecified atom stereocenters. The maximum absolute atomic E-state index is 11.5. The Labute approximate surface area is 105 Å². The van der Waals surface area contributed by atoms with Gasteiger partial charge in [-0.3, -0.25) is 4.79 Å². The van der Waals surface area contributed by atoms with E-state index in [2.05, 4.69) is 17.1 Å². The number of likely N-dealkylation sites (N-methyl/N-ethyl adjacent to an activating group) is 1. The monoisotopic (exact) mass is 245 g/mol. The van der Waals surface area contributed by atoms with Gasteiger partial charge < -0.3 is 20.7 Å². The number of carbonyl (C=O) groups excluding carboxylic acids is 1. The number of carbonyl (C=O) groups is 1. The summed E-state index contributed by atoms with van der Waals surface area (Å²) in [7, 11) is 1.97. The molecule has 0 fully saturated rings. The highest BCUT2D eigenvalue weighted by Gasteiger charge is 2.31. The third-order valence-electron chi connectivity index (χ3n) is 2.72. The quantitative estimate of drug-likeness (QED) is 0.540. The van der Waals surface area contributed by atoms with Crippen LogP contribution in [0.5, 0.6) is 0 Å². The molecule has 0 aromatic heterocycles. The van der Waals surface area contributed by atoms with Crippen molar-refractivity contribution in [1.29, 1.82) is 0 Å². The van der Waals surface area contributed by atoms with E-state index in [-0.39, 0.29) is 5.91 Å². The minimum atomic E-state index is -0.670. The Kier molecular flexibility index (Phi) is 8.12. The Morgan fingerprint density at radius 1 is 1.47 bits per heavy atom. The highest BCUT2D eigenvalue weighted by Crippen LogP contribution is 2.05. The summed E-state index contributed by atoms with van der Waals surface area (Å²) in [6.07, 6.45) is 0.978. The molecule has 0 rings (SSSR count). The topological polar surface area (TPSA) is 67.6 Å². The van der Waals surface area contributed by atoms with Crippen LogP contribution in [0.3, 0.4) is 0 Å². The minimum absolute atomic E-state index is 0.311. The molecule has 17 heavy (non-hydrogen) atoms. The van der Waals surface area contributed by atoms with E-state index >= 15 is 0 Å². The van der Waals surface area contributed by atoms with E-state index in [9.17, 15) is 4.79 Å². The number of ether oxygens (including phenoxy) is 1. The van der Waals surface area contributed by atoms with E-state index in [1.807, 2.05) is 20.9 Å². The number of nitrogens with two attached hydrogens (primary N) is 1. The van der Waals surface area contributed by atoms with Crippen molar-refractivity contribution in [3.05, 3.63) is 0 Å². The molecule has 0 aliphatic heterocycles. The molecule has 0 spiro atoms. The fraction of sp³-hybridized carbons (Fsp3) is 0.917. The average molecular weight is 245 g/mol. The molecule has 1 amide bonds. The molecule has 3 N–H and O–H groups in total. The molecule has 5 heteroatoms. The fourth-order valence-corrected chi connectivity index (χ4v) is 1.61. The summed E-state index contributed by atoms with van der Waals surface area (Å²) in [4.78, 5) is 13.6. The Morgan fingerprint density at radius 2 is 2.12 bits per heavy atom. The van der Waals surface area contributed by atoms with Gasteiger partial charge in [0, 0.05) is 19.7 Å². The molecule has 5 nitrogen and oxygen atoms in total. The number of primary amides is 1. The third-order valence-corrected chi connectivity index (χ3v) is 2.72. The highest BCUT2D eigenvalue weighted by atomic mass is 16.5. The molecule has 0 bridgehead atoms. The van der Waals surface area contributed by atoms with Gasteiger partial charge >= 0.3 is 0 Å². The Hall–Kier alpha value is -0.650. The molecule has 0 saturated carbocycles. The lowest BCUT2D eigenvalue weighted by Crippen LogP contribution is -2.59. The van der Waals surface area contributed by atoms with Crippen LogP contribution < -0.4 is 11.1 Å². The molecule has 0 aliphatic carbocycles. The standard InChI is InChI=1S/C12H27N3O2/c1-5-7-14-12(3,11(13)16)10-15(4)8-9-17-6-2/h14H,5-10H2,1-4H3,(H2,13,16). The van der Waals surface area contributed by atoms with Gasteiger partial charge in [-0.25, -0.2) is 0 Å². The number of hydrogen-bond acceptors (Lipinski definition) is 4. The van der Waals surface area contributed by atoms with Crippen LogP contribution in [0.15, 0.2) is 0 Å². The minimum Gasteiger partial charge on any atom is -0.380 e. The third kappa shape index (κ3) is 6.61. The summed E-state index contributed by atoms with van der Waals surface area (Å²) < 4.78 is 5.28. The molecule has 0 aromatic carbocycles. The summed E-state index contributed by atoms with van der Waals surface area (Å²) in [6.45, 7) is 9.45. The van der Waals surface area contributed by atoms with Crippen LogP contribution in [0.2, 0.25) is 0 Å². The van der Waals surface area contributed by atoms with Crippen LogP contribution in [0.4, 0.5) is 0 Å². The number of nitrogens with zero attached hydrogens (tertiary/aromatic N) is 1. The molecule has 0 aromatic rings. The molecule has 0 heterocycles. The largest absolute Gasteiger partial charge is 0.380 e. The SMILES string of the molecule is CCCNC(C)(CN(C)CCOCC)C(N)=O. The molecule has 0 radical (unpaired) electrons. The zero-order valence-corrected chi connectivity index (χ0v) is 11.6. The van der Waals surface area contributed by atoms with E-state index in [1.54, 1.807) is 0 Å². The Bertz CT molecular complexity index is 224. The number of hydrogen-bond donors (Lipinski definition) is 2. The lowest BCUT2D eigenvalue weighted by molar-refractivity contribution is -0.124. The second kappa shape index (κ2) is 8.44. The Morgan fingerprint density at radius 3 is 2.59 bits per heavy atom. The van der Waals surface area contributed by atoms with Crippen LogP contribution in [0.1, 0.15) is 27.2 Å². The lowest BCUT2D eigenvalue weighted by atomic mass is 10.0. The van der Waals surface area contributed by atoms with Gasteiger partial charge in [0.25, 0.3) is 0 Å². The number of nitrogens with one attached hydrogen (secondary N) is 1. The molecule has 102 valence electrons. The predicted octanol–water partition coefficient (Wildman–Crippen LogP) is 0.198. The first kappa shape index (κ1) is 16.4. The highest BCUT2D eigenvalue weighted by molar-refractivity contribution is 5.84. The van der Waals surface area contributed by atoms with Crippen LogP contribution in [-0.2, 0) is 9.53 Å². The van der Waals surface area contributed by atoms with E-state index in [0.29, 0.717) is 13.2 Å². The smallest absolute Gasteiger partial charge is 0.238 e. The zero-order valence-electron chi connectivity index (χ0n) is 11.6. The van der Waals surface area contributed by atoms with Crippen LogP contribution in [0.25, 0.3) is 0 Å². The summed E-state index contributed by atoms with van der Waals surface area (Å²) >= 11 is 0. The van der Waals surface area contributed by atoms with Gasteiger partial charge in [-0.1, -0.05) is 6.92 Å². The van der Waals surface area contributed by atoms with Crippen LogP contribution >= 0.6 is 0 Å². The van der Waals surface area contributed by atoms with Crippen molar-refractivity contribution in [2.45, 2.75) is 32.7 Å². The first-order valence-corrected chi connectivity index (χ1v) is 6.27. The summed E-state index contributed by atoms with van der Waals surface area (Å²) in [5.74, 6) is -0.311. The molecule has 0 saturated heterocycles. The Balaban J connectivity index is 4.18. The van der Waals surface area contributed by atoms with Crippen molar-refractivity contribution < 1.29 is 9.53 Å². The van der Waals surface area contributed by atoms with Gasteiger partial charge in [0.2, 0.25) is 5.91 Å². The fourth-order valence-electron chi connectivity index (χ4n) is 1.61. The average Bonchev–Trinajstić information content (AvgIpc) is 2.26. The van der Waals surface area contributed by atoms with E-state index in [0.717, 1.165) is 26.1 Å². The van der Waals surface area contributed by atoms with Gasteiger partial charge in [0.1, 0.15) is 5.54 Å². The van der Waals surface area contributed by atoms with Gasteiger partial charge in [-0.15, -0.1) is 0 Å². The molecule has 0 aliphatic rings. The van der Waals surface area contributed by atoms with Crippen molar-refractivity contribution >= 4 is 5.91 Å². The zero-order chi connectivity index (χ0) is 13.3. The van der Waals surface area contributed by atoms with Gasteiger partial charge in [-0.2, -0.15) is 0 Å². The van der Waals surface area contributed by atoms with Crippen LogP contribution in [-0.4, -0.2) is 56.2 Å².